The summed E-state index contributed by atoms with van der Waals surface area (Å²) in [6.45, 7) is 30.6. The second kappa shape index (κ2) is 23.8. The highest BCUT2D eigenvalue weighted by atomic mass is 16.6. The van der Waals surface area contributed by atoms with Gasteiger partial charge in [-0.05, 0) is 154 Å². The number of ether oxygens (including phenoxy) is 5. The molecule has 394 valence electrons. The molecule has 0 aromatic carbocycles. The average Bonchev–Trinajstić information content (AvgIpc) is 4.06. The van der Waals surface area contributed by atoms with E-state index in [1.807, 2.05) is 48.5 Å². The Morgan fingerprint density at radius 1 is 0.507 bits per heavy atom. The van der Waals surface area contributed by atoms with Gasteiger partial charge in [-0.15, -0.1) is 0 Å². The summed E-state index contributed by atoms with van der Waals surface area (Å²) in [6.07, 6.45) is 8.55. The van der Waals surface area contributed by atoms with Gasteiger partial charge in [-0.1, -0.05) is 60.8 Å². The van der Waals surface area contributed by atoms with Crippen molar-refractivity contribution in [1.29, 1.82) is 0 Å². The van der Waals surface area contributed by atoms with Gasteiger partial charge in [0.1, 0.15) is 41.4 Å². The van der Waals surface area contributed by atoms with Crippen LogP contribution in [0, 0.1) is 46.3 Å². The van der Waals surface area contributed by atoms with Gasteiger partial charge in [-0.25, -0.2) is 19.2 Å². The van der Waals surface area contributed by atoms with Gasteiger partial charge in [-0.3, -0.25) is 14.4 Å². The molecule has 6 aliphatic rings. The summed E-state index contributed by atoms with van der Waals surface area (Å²) in [5.74, 6) is 1.00. The highest BCUT2D eigenvalue weighted by molar-refractivity contribution is 5.92. The molecule has 0 aromatic heterocycles. The van der Waals surface area contributed by atoms with Crippen molar-refractivity contribution in [1.82, 2.24) is 25.8 Å². The Hall–Kier alpha value is -4.15. The highest BCUT2D eigenvalue weighted by Crippen LogP contribution is 2.45. The molecule has 3 saturated carbocycles. The van der Waals surface area contributed by atoms with Gasteiger partial charge in [-0.2, -0.15) is 0 Å². The molecule has 69 heavy (non-hydrogen) atoms. The molecule has 3 N–H and O–H groups in total. The first kappa shape index (κ1) is 57.4. The van der Waals surface area contributed by atoms with Crippen molar-refractivity contribution in [3.8, 4) is 0 Å². The summed E-state index contributed by atoms with van der Waals surface area (Å²) in [4.78, 5) is 91.8. The lowest BCUT2D eigenvalue weighted by molar-refractivity contribution is -0.156. The minimum absolute atomic E-state index is 0.00699. The molecule has 0 bridgehead atoms. The van der Waals surface area contributed by atoms with Crippen LogP contribution >= 0.6 is 0 Å². The molecule has 0 radical (unpaired) electrons. The van der Waals surface area contributed by atoms with Crippen LogP contribution in [0.5, 0.6) is 0 Å². The van der Waals surface area contributed by atoms with E-state index in [9.17, 15) is 33.6 Å². The SMILES string of the molecule is CCOC(=O)[C@@H]1[C@H]2CCC[C@H]2CN1C(=O)[C@@H](NC(=O)OC(C)(C)C)C(C)(C)C.CCOC(=O)[C@H]1NC[C@@H]2CCC[C@@H]21.CCOC(=O)[C@H]1[C@@H]2CCC[C@@H]2CN1C(=O)[C@@H](NC(=O)OC(C)(C)C)C(C)(C)C. The lowest BCUT2D eigenvalue weighted by atomic mass is 9.85. The number of nitrogens with zero attached hydrogens (tertiary/aromatic N) is 2. The van der Waals surface area contributed by atoms with Crippen molar-refractivity contribution in [3.05, 3.63) is 0 Å². The third-order valence-electron chi connectivity index (χ3n) is 14.2. The number of esters is 3. The number of carbonyl (C=O) groups excluding carboxylic acids is 7. The largest absolute Gasteiger partial charge is 0.465 e. The van der Waals surface area contributed by atoms with Gasteiger partial charge in [0.05, 0.1) is 19.8 Å². The van der Waals surface area contributed by atoms with Gasteiger partial charge in [0.15, 0.2) is 0 Å². The second-order valence-corrected chi connectivity index (χ2v) is 24.0. The molecule has 0 aromatic rings. The molecule has 11 atom stereocenters. The van der Waals surface area contributed by atoms with E-state index in [1.165, 1.54) is 19.3 Å². The highest BCUT2D eigenvalue weighted by Gasteiger charge is 2.54. The maximum absolute atomic E-state index is 13.5. The average molecular weight is 976 g/mol. The Kier molecular flexibility index (Phi) is 19.8. The summed E-state index contributed by atoms with van der Waals surface area (Å²) in [5, 5.41) is 8.75. The fourth-order valence-corrected chi connectivity index (χ4v) is 11.3. The van der Waals surface area contributed by atoms with Gasteiger partial charge in [0, 0.05) is 13.1 Å². The number of alkyl carbamates (subject to hydrolysis) is 2. The zero-order chi connectivity index (χ0) is 51.8. The molecule has 17 heteroatoms. The zero-order valence-corrected chi connectivity index (χ0v) is 44.8. The normalized spacial score (nSPS) is 28.0. The van der Waals surface area contributed by atoms with Crippen molar-refractivity contribution < 1.29 is 57.2 Å². The van der Waals surface area contributed by atoms with Crippen LogP contribution in [-0.4, -0.2) is 133 Å². The van der Waals surface area contributed by atoms with Crippen LogP contribution in [0.4, 0.5) is 9.59 Å². The lowest BCUT2D eigenvalue weighted by Crippen LogP contribution is -2.58. The second-order valence-electron chi connectivity index (χ2n) is 24.0. The van der Waals surface area contributed by atoms with E-state index in [4.69, 9.17) is 23.7 Å². The molecule has 4 amide bonds. The Morgan fingerprint density at radius 2 is 0.855 bits per heavy atom. The quantitative estimate of drug-likeness (QED) is 0.147. The monoisotopic (exact) mass is 976 g/mol. The van der Waals surface area contributed by atoms with E-state index < -0.39 is 58.4 Å². The minimum atomic E-state index is -0.793. The summed E-state index contributed by atoms with van der Waals surface area (Å²) >= 11 is 0. The van der Waals surface area contributed by atoms with E-state index in [-0.39, 0.29) is 60.8 Å². The van der Waals surface area contributed by atoms with Gasteiger partial charge < -0.3 is 49.4 Å². The van der Waals surface area contributed by atoms with Crippen molar-refractivity contribution >= 4 is 41.9 Å². The fraction of sp³-hybridized carbons (Fsp3) is 0.865. The molecule has 0 unspecified atom stereocenters. The maximum Gasteiger partial charge on any atom is 0.408 e. The number of fused-ring (bicyclic) bond motifs is 3. The Morgan fingerprint density at radius 3 is 1.20 bits per heavy atom. The standard InChI is InChI=1S/2C21H36N2O5.C10H17NO2/c2*1-8-27-18(25)15-14-11-9-10-13(14)12-23(15)17(24)16(20(2,3)4)22-19(26)28-21(5,6)7;1-2-13-10(12)9-8-5-3-4-7(8)6-11-9/h2*13-16H,8-12H2,1-7H3,(H,22,26);7-9,11H,2-6H2,1H3/t13-,14-,15-,16+;13-,14-,15-,16-;7-,8-,9-/m010/s1. The van der Waals surface area contributed by atoms with Crippen LogP contribution < -0.4 is 16.0 Å². The Labute approximate surface area is 412 Å². The van der Waals surface area contributed by atoms with Crippen molar-refractivity contribution in [2.45, 2.75) is 203 Å². The van der Waals surface area contributed by atoms with Crippen molar-refractivity contribution in [3.63, 3.8) is 0 Å². The first-order valence-corrected chi connectivity index (χ1v) is 25.9. The van der Waals surface area contributed by atoms with E-state index >= 15 is 0 Å². The van der Waals surface area contributed by atoms with Crippen LogP contribution in [0.2, 0.25) is 0 Å². The molecule has 3 heterocycles. The van der Waals surface area contributed by atoms with E-state index in [0.717, 1.165) is 51.0 Å². The van der Waals surface area contributed by atoms with Gasteiger partial charge in [0.25, 0.3) is 0 Å². The molecule has 3 aliphatic carbocycles. The first-order chi connectivity index (χ1) is 32.0. The van der Waals surface area contributed by atoms with Crippen LogP contribution in [0.25, 0.3) is 0 Å². The molecular weight excluding hydrogens is 887 g/mol. The van der Waals surface area contributed by atoms with Gasteiger partial charge >= 0.3 is 30.1 Å². The molecule has 3 aliphatic heterocycles. The van der Waals surface area contributed by atoms with Crippen LogP contribution in [0.15, 0.2) is 0 Å². The predicted molar refractivity (Wildman–Crippen MR) is 260 cm³/mol. The third kappa shape index (κ3) is 15.4. The number of hydrogen-bond donors (Lipinski definition) is 3. The minimum Gasteiger partial charge on any atom is -0.465 e. The van der Waals surface area contributed by atoms with Crippen LogP contribution in [0.3, 0.4) is 0 Å². The van der Waals surface area contributed by atoms with Crippen molar-refractivity contribution in [2.24, 2.45) is 46.3 Å². The molecule has 3 saturated heterocycles. The number of likely N-dealkylation sites (tertiary alicyclic amines) is 2. The third-order valence-corrected chi connectivity index (χ3v) is 14.2. The molecule has 17 nitrogen and oxygen atoms in total. The van der Waals surface area contributed by atoms with E-state index in [0.29, 0.717) is 37.5 Å². The Bertz CT molecular complexity index is 1690. The molecular formula is C52H89N5O12. The summed E-state index contributed by atoms with van der Waals surface area (Å²) in [6, 6.07) is -2.72. The zero-order valence-electron chi connectivity index (χ0n) is 44.8. The Balaban J connectivity index is 0.000000240. The van der Waals surface area contributed by atoms with Crippen molar-refractivity contribution in [2.75, 3.05) is 39.5 Å². The number of nitrogens with one attached hydrogen (secondary N) is 3. The number of amides is 4. The fourth-order valence-electron chi connectivity index (χ4n) is 11.3. The smallest absolute Gasteiger partial charge is 0.408 e. The van der Waals surface area contributed by atoms with Crippen LogP contribution in [-0.2, 0) is 47.7 Å². The summed E-state index contributed by atoms with van der Waals surface area (Å²) in [7, 11) is 0. The summed E-state index contributed by atoms with van der Waals surface area (Å²) in [5.41, 5.74) is -2.39. The van der Waals surface area contributed by atoms with Crippen LogP contribution in [0.1, 0.15) is 162 Å². The maximum atomic E-state index is 13.5. The number of carbonyl (C=O) groups is 7. The van der Waals surface area contributed by atoms with E-state index in [1.54, 1.807) is 65.2 Å². The summed E-state index contributed by atoms with van der Waals surface area (Å²) < 4.78 is 26.3. The molecule has 6 fully saturated rings. The molecule has 6 rings (SSSR count). The molecule has 0 spiro atoms. The lowest BCUT2D eigenvalue weighted by Gasteiger charge is -2.36. The number of hydrogen-bond acceptors (Lipinski definition) is 13. The first-order valence-electron chi connectivity index (χ1n) is 25.9. The van der Waals surface area contributed by atoms with E-state index in [2.05, 4.69) is 16.0 Å². The number of rotatable bonds is 10. The predicted octanol–water partition coefficient (Wildman–Crippen LogP) is 7.17. The topological polar surface area (TPSA) is 208 Å². The van der Waals surface area contributed by atoms with Gasteiger partial charge in [0.2, 0.25) is 11.8 Å².